The van der Waals surface area contributed by atoms with Crippen molar-refractivity contribution in [2.75, 3.05) is 6.61 Å². The monoisotopic (exact) mass is 334 g/mol. The van der Waals surface area contributed by atoms with E-state index in [2.05, 4.69) is 4.74 Å². The number of carbonyl (C=O) groups is 1. The van der Waals surface area contributed by atoms with E-state index in [1.165, 1.54) is 12.1 Å². The van der Waals surface area contributed by atoms with E-state index in [9.17, 15) is 28.2 Å². The van der Waals surface area contributed by atoms with Crippen molar-refractivity contribution >= 4 is 5.97 Å². The van der Waals surface area contributed by atoms with Gasteiger partial charge in [0, 0.05) is 0 Å². The fourth-order valence-corrected chi connectivity index (χ4v) is 1.96. The molecule has 0 amide bonds. The summed E-state index contributed by atoms with van der Waals surface area (Å²) in [7, 11) is 0. The van der Waals surface area contributed by atoms with Gasteiger partial charge in [-0.25, -0.2) is 4.79 Å². The molecule has 1 aliphatic rings. The maximum absolute atomic E-state index is 12.6. The van der Waals surface area contributed by atoms with E-state index in [1.54, 1.807) is 0 Å². The van der Waals surface area contributed by atoms with Crippen molar-refractivity contribution in [2.45, 2.75) is 25.0 Å². The van der Waals surface area contributed by atoms with Crippen LogP contribution in [0.1, 0.15) is 11.1 Å². The van der Waals surface area contributed by atoms with Crippen molar-refractivity contribution in [1.29, 1.82) is 0 Å². The first kappa shape index (κ1) is 17.1. The second-order valence-corrected chi connectivity index (χ2v) is 4.78. The molecule has 0 saturated carbocycles. The van der Waals surface area contributed by atoms with Crippen molar-refractivity contribution in [2.24, 2.45) is 0 Å². The molecule has 0 unspecified atom stereocenters. The van der Waals surface area contributed by atoms with Crippen molar-refractivity contribution in [1.82, 2.24) is 0 Å². The molecule has 23 heavy (non-hydrogen) atoms. The number of esters is 1. The maximum Gasteiger partial charge on any atom is 0.416 e. The van der Waals surface area contributed by atoms with Crippen LogP contribution in [0.15, 0.2) is 35.8 Å². The molecular weight excluding hydrogens is 321 g/mol. The van der Waals surface area contributed by atoms with Crippen molar-refractivity contribution in [3.63, 3.8) is 0 Å². The van der Waals surface area contributed by atoms with Crippen molar-refractivity contribution in [3.8, 4) is 0 Å². The van der Waals surface area contributed by atoms with E-state index in [1.807, 2.05) is 0 Å². The number of halogens is 3. The Labute approximate surface area is 128 Å². The average molecular weight is 334 g/mol. The highest BCUT2D eigenvalue weighted by Gasteiger charge is 2.40. The Balaban J connectivity index is 2.14. The first-order valence-corrected chi connectivity index (χ1v) is 6.46. The molecule has 0 spiro atoms. The number of ether oxygens (including phenoxy) is 2. The number of cyclic esters (lactones) is 1. The molecule has 6 nitrogen and oxygen atoms in total. The van der Waals surface area contributed by atoms with E-state index in [4.69, 9.17) is 9.84 Å². The molecule has 1 heterocycles. The molecule has 126 valence electrons. The molecule has 2 rings (SSSR count). The first-order chi connectivity index (χ1) is 10.7. The van der Waals surface area contributed by atoms with Gasteiger partial charge >= 0.3 is 12.1 Å². The quantitative estimate of drug-likeness (QED) is 0.702. The molecule has 9 heteroatoms. The van der Waals surface area contributed by atoms with Crippen LogP contribution >= 0.6 is 0 Å². The number of hydrogen-bond acceptors (Lipinski definition) is 6. The third kappa shape index (κ3) is 3.74. The van der Waals surface area contributed by atoms with Gasteiger partial charge in [-0.3, -0.25) is 0 Å². The summed E-state index contributed by atoms with van der Waals surface area (Å²) in [6.07, 6.45) is -7.46. The Morgan fingerprint density at radius 1 is 1.35 bits per heavy atom. The minimum absolute atomic E-state index is 0.136. The van der Waals surface area contributed by atoms with Gasteiger partial charge in [-0.2, -0.15) is 13.2 Å². The first-order valence-electron chi connectivity index (χ1n) is 6.46. The third-order valence-electron chi connectivity index (χ3n) is 3.10. The van der Waals surface area contributed by atoms with Gasteiger partial charge in [0.25, 0.3) is 0 Å². The van der Waals surface area contributed by atoms with Crippen LogP contribution in [0, 0.1) is 0 Å². The normalized spacial score (nSPS) is 19.7. The molecule has 0 aliphatic carbocycles. The Bertz CT molecular complexity index is 625. The van der Waals surface area contributed by atoms with Crippen LogP contribution in [0.3, 0.4) is 0 Å². The van der Waals surface area contributed by atoms with Gasteiger partial charge in [0.05, 0.1) is 12.2 Å². The van der Waals surface area contributed by atoms with Crippen LogP contribution in [0.25, 0.3) is 0 Å². The molecular formula is C14H13F3O6. The van der Waals surface area contributed by atoms with Crippen LogP contribution in [-0.4, -0.2) is 40.1 Å². The molecule has 0 radical (unpaired) electrons. The van der Waals surface area contributed by atoms with Crippen LogP contribution in [0.4, 0.5) is 13.2 Å². The topological polar surface area (TPSA) is 96.2 Å². The van der Waals surface area contributed by atoms with Gasteiger partial charge in [-0.05, 0) is 17.7 Å². The van der Waals surface area contributed by atoms with E-state index in [0.717, 1.165) is 12.1 Å². The van der Waals surface area contributed by atoms with Crippen molar-refractivity contribution < 1.29 is 42.8 Å². The van der Waals surface area contributed by atoms with Crippen LogP contribution in [0.5, 0.6) is 0 Å². The number of alkyl halides is 3. The van der Waals surface area contributed by atoms with Gasteiger partial charge in [0.15, 0.2) is 11.9 Å². The number of aliphatic hydroxyl groups excluding tert-OH is 3. The predicted octanol–water partition coefficient (Wildman–Crippen LogP) is 1.27. The standard InChI is InChI=1S/C14H13F3O6/c15-14(16,17)8-3-1-2-7(4-8)6-22-12-10(20)13(21)23-11(12)9(19)5-18/h1-4,9,11,18-20H,5-6H2/t9-,11+/m0/s1. The number of aliphatic hydroxyl groups is 3. The van der Waals surface area contributed by atoms with E-state index >= 15 is 0 Å². The summed E-state index contributed by atoms with van der Waals surface area (Å²) in [4.78, 5) is 11.3. The molecule has 0 bridgehead atoms. The SMILES string of the molecule is O=C1O[C@H]([C@@H](O)CO)C(OCc2cccc(C(F)(F)F)c2)=C1O. The van der Waals surface area contributed by atoms with Gasteiger partial charge < -0.3 is 24.8 Å². The average Bonchev–Trinajstić information content (AvgIpc) is 2.79. The number of hydrogen-bond donors (Lipinski definition) is 3. The summed E-state index contributed by atoms with van der Waals surface area (Å²) in [6, 6.07) is 4.29. The smallest absolute Gasteiger partial charge is 0.416 e. The fourth-order valence-electron chi connectivity index (χ4n) is 1.96. The van der Waals surface area contributed by atoms with Crippen LogP contribution in [0.2, 0.25) is 0 Å². The van der Waals surface area contributed by atoms with Gasteiger partial charge in [-0.15, -0.1) is 0 Å². The van der Waals surface area contributed by atoms with E-state index in [0.29, 0.717) is 0 Å². The second kappa shape index (κ2) is 6.47. The third-order valence-corrected chi connectivity index (χ3v) is 3.10. The largest absolute Gasteiger partial charge is 0.499 e. The lowest BCUT2D eigenvalue weighted by Crippen LogP contribution is -2.32. The lowest BCUT2D eigenvalue weighted by atomic mass is 10.1. The summed E-state index contributed by atoms with van der Waals surface area (Å²) in [5, 5.41) is 27.9. The molecule has 0 saturated heterocycles. The Hall–Kier alpha value is -2.26. The van der Waals surface area contributed by atoms with Gasteiger partial charge in [0.2, 0.25) is 5.76 Å². The molecule has 1 aliphatic heterocycles. The number of carbonyl (C=O) groups excluding carboxylic acids is 1. The zero-order valence-electron chi connectivity index (χ0n) is 11.6. The molecule has 3 N–H and O–H groups in total. The highest BCUT2D eigenvalue weighted by Crippen LogP contribution is 2.30. The summed E-state index contributed by atoms with van der Waals surface area (Å²) >= 11 is 0. The Morgan fingerprint density at radius 3 is 2.65 bits per heavy atom. The number of benzene rings is 1. The summed E-state index contributed by atoms with van der Waals surface area (Å²) < 4.78 is 47.6. The lowest BCUT2D eigenvalue weighted by molar-refractivity contribution is -0.148. The minimum atomic E-state index is -4.51. The van der Waals surface area contributed by atoms with E-state index in [-0.39, 0.29) is 5.56 Å². The molecule has 2 atom stereocenters. The molecule has 0 aromatic heterocycles. The summed E-state index contributed by atoms with van der Waals surface area (Å²) in [5.74, 6) is -2.48. The minimum Gasteiger partial charge on any atom is -0.499 e. The Kier molecular flexibility index (Phi) is 4.81. The molecule has 1 aromatic rings. The second-order valence-electron chi connectivity index (χ2n) is 4.78. The number of rotatable bonds is 5. The zero-order valence-corrected chi connectivity index (χ0v) is 11.6. The highest BCUT2D eigenvalue weighted by atomic mass is 19.4. The fraction of sp³-hybridized carbons (Fsp3) is 0.357. The summed E-state index contributed by atoms with van der Waals surface area (Å²) in [6.45, 7) is -1.16. The zero-order chi connectivity index (χ0) is 17.2. The molecule has 0 fully saturated rings. The van der Waals surface area contributed by atoms with E-state index < -0.39 is 54.6 Å². The van der Waals surface area contributed by atoms with Crippen LogP contribution < -0.4 is 0 Å². The molecule has 1 aromatic carbocycles. The van der Waals surface area contributed by atoms with Gasteiger partial charge in [-0.1, -0.05) is 12.1 Å². The van der Waals surface area contributed by atoms with Gasteiger partial charge in [0.1, 0.15) is 12.7 Å². The highest BCUT2D eigenvalue weighted by molar-refractivity contribution is 5.89. The van der Waals surface area contributed by atoms with Crippen molar-refractivity contribution in [3.05, 3.63) is 46.9 Å². The maximum atomic E-state index is 12.6. The predicted molar refractivity (Wildman–Crippen MR) is 68.9 cm³/mol. The Morgan fingerprint density at radius 2 is 2.04 bits per heavy atom. The summed E-state index contributed by atoms with van der Waals surface area (Å²) in [5.41, 5.74) is -0.737. The lowest BCUT2D eigenvalue weighted by Gasteiger charge is -2.18. The van der Waals surface area contributed by atoms with Crippen LogP contribution in [-0.2, 0) is 27.1 Å².